The Hall–Kier alpha value is -2.73. The number of hydrogen-bond acceptors (Lipinski definition) is 8. The zero-order chi connectivity index (χ0) is 21.5. The van der Waals surface area contributed by atoms with Crippen LogP contribution in [-0.2, 0) is 9.53 Å². The summed E-state index contributed by atoms with van der Waals surface area (Å²) in [5.74, 6) is -0.328. The van der Waals surface area contributed by atoms with Crippen molar-refractivity contribution >= 4 is 67.2 Å². The molecule has 7 nitrogen and oxygen atoms in total. The second-order valence-corrected chi connectivity index (χ2v) is 8.01. The van der Waals surface area contributed by atoms with Crippen LogP contribution in [0.5, 0.6) is 0 Å². The highest BCUT2D eigenvalue weighted by Crippen LogP contribution is 2.34. The molecular formula is C20H17Cl2N5O2S. The van der Waals surface area contributed by atoms with Crippen molar-refractivity contribution in [1.29, 1.82) is 5.26 Å². The summed E-state index contributed by atoms with van der Waals surface area (Å²) in [6.45, 7) is 2.66. The minimum atomic E-state index is -0.328. The molecule has 2 aromatic carbocycles. The van der Waals surface area contributed by atoms with Gasteiger partial charge in [-0.15, -0.1) is 10.2 Å². The molecule has 3 aromatic rings. The van der Waals surface area contributed by atoms with Crippen LogP contribution in [0.2, 0.25) is 10.0 Å². The van der Waals surface area contributed by atoms with E-state index in [2.05, 4.69) is 21.3 Å². The fourth-order valence-electron chi connectivity index (χ4n) is 2.64. The van der Waals surface area contributed by atoms with Crippen molar-refractivity contribution in [2.24, 2.45) is 10.2 Å². The summed E-state index contributed by atoms with van der Waals surface area (Å²) in [4.78, 5) is 17.3. The number of rotatable bonds is 8. The van der Waals surface area contributed by atoms with E-state index in [0.717, 1.165) is 15.9 Å². The molecule has 0 spiro atoms. The molecule has 0 saturated heterocycles. The number of esters is 1. The first-order chi connectivity index (χ1) is 14.5. The van der Waals surface area contributed by atoms with E-state index in [1.807, 2.05) is 29.2 Å². The van der Waals surface area contributed by atoms with Gasteiger partial charge >= 0.3 is 5.97 Å². The number of hydrogen-bond donors (Lipinski definition) is 0. The SMILES string of the molecule is CC(=O)OCCN(CCC#N)c1ccc(N=Nc2nc3cc(Cl)c(Cl)cc3s2)cc1. The second kappa shape index (κ2) is 10.3. The largest absolute Gasteiger partial charge is 0.464 e. The monoisotopic (exact) mass is 461 g/mol. The molecule has 3 rings (SSSR count). The average molecular weight is 462 g/mol. The van der Waals surface area contributed by atoms with E-state index in [4.69, 9.17) is 33.2 Å². The smallest absolute Gasteiger partial charge is 0.302 e. The van der Waals surface area contributed by atoms with Crippen molar-refractivity contribution in [2.45, 2.75) is 13.3 Å². The first-order valence-corrected chi connectivity index (χ1v) is 10.6. The molecule has 0 saturated carbocycles. The standard InChI is InChI=1S/C20H17Cl2N5O2S/c1-13(28)29-10-9-27(8-2-7-23)15-5-3-14(4-6-15)25-26-20-24-18-11-16(21)17(22)12-19(18)30-20/h3-6,11-12H,2,8-10H2,1H3. The zero-order valence-corrected chi connectivity index (χ0v) is 18.3. The maximum atomic E-state index is 11.0. The van der Waals surface area contributed by atoms with Crippen molar-refractivity contribution in [3.8, 4) is 6.07 Å². The highest BCUT2D eigenvalue weighted by Gasteiger charge is 2.09. The highest BCUT2D eigenvalue weighted by molar-refractivity contribution is 7.22. The number of carbonyl (C=O) groups excluding carboxylic acids is 1. The predicted octanol–water partition coefficient (Wildman–Crippen LogP) is 6.30. The fourth-order valence-corrected chi connectivity index (χ4v) is 3.83. The van der Waals surface area contributed by atoms with E-state index in [1.54, 1.807) is 12.1 Å². The van der Waals surface area contributed by atoms with Crippen LogP contribution in [0.15, 0.2) is 46.6 Å². The van der Waals surface area contributed by atoms with E-state index in [-0.39, 0.29) is 12.6 Å². The van der Waals surface area contributed by atoms with Crippen LogP contribution < -0.4 is 4.90 Å². The van der Waals surface area contributed by atoms with Crippen molar-refractivity contribution < 1.29 is 9.53 Å². The van der Waals surface area contributed by atoms with Gasteiger partial charge in [-0.2, -0.15) is 5.26 Å². The maximum absolute atomic E-state index is 11.0. The Morgan fingerprint density at radius 1 is 1.20 bits per heavy atom. The molecule has 1 heterocycles. The Kier molecular flexibility index (Phi) is 7.57. The molecule has 1 aromatic heterocycles. The number of fused-ring (bicyclic) bond motifs is 1. The number of aromatic nitrogens is 1. The van der Waals surface area contributed by atoms with E-state index < -0.39 is 0 Å². The van der Waals surface area contributed by atoms with E-state index >= 15 is 0 Å². The number of halogens is 2. The summed E-state index contributed by atoms with van der Waals surface area (Å²) in [5.41, 5.74) is 2.29. The quantitative estimate of drug-likeness (QED) is 0.289. The van der Waals surface area contributed by atoms with Gasteiger partial charge in [-0.25, -0.2) is 4.98 Å². The number of nitriles is 1. The molecule has 0 aliphatic carbocycles. The van der Waals surface area contributed by atoms with E-state index in [0.29, 0.717) is 40.4 Å². The first kappa shape index (κ1) is 22.0. The average Bonchev–Trinajstić information content (AvgIpc) is 3.11. The number of carbonyl (C=O) groups is 1. The van der Waals surface area contributed by atoms with E-state index in [1.165, 1.54) is 18.3 Å². The summed E-state index contributed by atoms with van der Waals surface area (Å²) in [5, 5.41) is 18.7. The van der Waals surface area contributed by atoms with Crippen LogP contribution in [0.25, 0.3) is 10.2 Å². The molecular weight excluding hydrogens is 445 g/mol. The van der Waals surface area contributed by atoms with Crippen LogP contribution >= 0.6 is 34.5 Å². The van der Waals surface area contributed by atoms with Gasteiger partial charge in [0.15, 0.2) is 0 Å². The Bertz CT molecular complexity index is 1070. The van der Waals surface area contributed by atoms with Crippen molar-refractivity contribution in [2.75, 3.05) is 24.6 Å². The molecule has 0 bridgehead atoms. The van der Waals surface area contributed by atoms with Gasteiger partial charge in [0.05, 0.1) is 45.0 Å². The van der Waals surface area contributed by atoms with Crippen LogP contribution in [0.4, 0.5) is 16.5 Å². The molecule has 0 aliphatic rings. The molecule has 0 aliphatic heterocycles. The van der Waals surface area contributed by atoms with Gasteiger partial charge in [0.25, 0.3) is 0 Å². The van der Waals surface area contributed by atoms with Gasteiger partial charge in [-0.05, 0) is 36.4 Å². The minimum Gasteiger partial charge on any atom is -0.464 e. The highest BCUT2D eigenvalue weighted by atomic mass is 35.5. The van der Waals surface area contributed by atoms with Gasteiger partial charge in [0, 0.05) is 19.2 Å². The number of ether oxygens (including phenoxy) is 1. The molecule has 0 atom stereocenters. The van der Waals surface area contributed by atoms with Crippen LogP contribution in [0.1, 0.15) is 13.3 Å². The Morgan fingerprint density at radius 2 is 1.93 bits per heavy atom. The molecule has 0 amide bonds. The third kappa shape index (κ3) is 5.89. The van der Waals surface area contributed by atoms with Crippen LogP contribution in [0, 0.1) is 11.3 Å². The Labute approximate surface area is 187 Å². The van der Waals surface area contributed by atoms with Crippen LogP contribution in [-0.4, -0.2) is 30.6 Å². The van der Waals surface area contributed by atoms with Gasteiger partial charge < -0.3 is 9.64 Å². The molecule has 0 fully saturated rings. The van der Waals surface area contributed by atoms with Gasteiger partial charge in [0.2, 0.25) is 5.13 Å². The maximum Gasteiger partial charge on any atom is 0.302 e. The number of azo groups is 1. The molecule has 10 heteroatoms. The number of anilines is 1. The third-order valence-corrected chi connectivity index (χ3v) is 5.67. The number of thiazole rings is 1. The normalized spacial score (nSPS) is 11.0. The number of benzene rings is 2. The van der Waals surface area contributed by atoms with E-state index in [9.17, 15) is 4.79 Å². The van der Waals surface area contributed by atoms with Crippen LogP contribution in [0.3, 0.4) is 0 Å². The third-order valence-electron chi connectivity index (χ3n) is 4.05. The van der Waals surface area contributed by atoms with Gasteiger partial charge in [-0.3, -0.25) is 4.79 Å². The second-order valence-electron chi connectivity index (χ2n) is 6.18. The molecule has 154 valence electrons. The lowest BCUT2D eigenvalue weighted by molar-refractivity contribution is -0.140. The summed E-state index contributed by atoms with van der Waals surface area (Å²) < 4.78 is 5.89. The Balaban J connectivity index is 1.70. The Morgan fingerprint density at radius 3 is 2.63 bits per heavy atom. The summed E-state index contributed by atoms with van der Waals surface area (Å²) in [7, 11) is 0. The lowest BCUT2D eigenvalue weighted by Crippen LogP contribution is -2.28. The molecule has 0 unspecified atom stereocenters. The lowest BCUT2D eigenvalue weighted by atomic mass is 10.2. The van der Waals surface area contributed by atoms with Crippen molar-refractivity contribution in [3.63, 3.8) is 0 Å². The minimum absolute atomic E-state index is 0.258. The molecule has 30 heavy (non-hydrogen) atoms. The fraction of sp³-hybridized carbons (Fsp3) is 0.250. The zero-order valence-electron chi connectivity index (χ0n) is 16.0. The summed E-state index contributed by atoms with van der Waals surface area (Å²) in [6.07, 6.45) is 0.368. The van der Waals surface area contributed by atoms with Gasteiger partial charge in [-0.1, -0.05) is 34.5 Å². The summed E-state index contributed by atoms with van der Waals surface area (Å²) in [6, 6.07) is 13.0. The topological polar surface area (TPSA) is 90.9 Å². The number of nitrogens with zero attached hydrogens (tertiary/aromatic N) is 5. The molecule has 0 radical (unpaired) electrons. The predicted molar refractivity (Wildman–Crippen MR) is 119 cm³/mol. The summed E-state index contributed by atoms with van der Waals surface area (Å²) >= 11 is 13.4. The van der Waals surface area contributed by atoms with Crippen molar-refractivity contribution in [3.05, 3.63) is 46.4 Å². The van der Waals surface area contributed by atoms with Crippen molar-refractivity contribution in [1.82, 2.24) is 4.98 Å². The lowest BCUT2D eigenvalue weighted by Gasteiger charge is -2.23. The molecule has 0 N–H and O–H groups in total. The first-order valence-electron chi connectivity index (χ1n) is 8.99. The van der Waals surface area contributed by atoms with Gasteiger partial charge in [0.1, 0.15) is 6.61 Å².